The number of thioether (sulfide) groups is 1. The van der Waals surface area contributed by atoms with Crippen molar-refractivity contribution in [3.63, 3.8) is 0 Å². The number of benzene rings is 2. The third kappa shape index (κ3) is 3.44. The maximum absolute atomic E-state index is 13.9. The Morgan fingerprint density at radius 3 is 2.71 bits per heavy atom. The Hall–Kier alpha value is -3.69. The molecule has 1 N–H and O–H groups in total. The van der Waals surface area contributed by atoms with E-state index in [2.05, 4.69) is 16.5 Å². The van der Waals surface area contributed by atoms with Crippen LogP contribution >= 0.6 is 11.8 Å². The van der Waals surface area contributed by atoms with Gasteiger partial charge in [-0.2, -0.15) is 0 Å². The van der Waals surface area contributed by atoms with Crippen molar-refractivity contribution in [1.29, 1.82) is 0 Å². The number of amides is 2. The molecule has 2 aliphatic rings. The maximum atomic E-state index is 13.9. The largest absolute Gasteiger partial charge is 0.338 e. The summed E-state index contributed by atoms with van der Waals surface area (Å²) < 4.78 is 6.29. The van der Waals surface area contributed by atoms with Gasteiger partial charge in [0, 0.05) is 29.4 Å². The van der Waals surface area contributed by atoms with Gasteiger partial charge in [-0.1, -0.05) is 54.2 Å². The first-order valence-electron chi connectivity index (χ1n) is 10.7. The average Bonchev–Trinajstić information content (AvgIpc) is 3.05. The number of aromatic nitrogens is 2. The molecule has 172 valence electrons. The summed E-state index contributed by atoms with van der Waals surface area (Å²) in [5.41, 5.74) is 1.36. The monoisotopic (exact) mass is 474 g/mol. The summed E-state index contributed by atoms with van der Waals surface area (Å²) in [4.78, 5) is 49.5. The zero-order valence-electron chi connectivity index (χ0n) is 18.5. The van der Waals surface area contributed by atoms with Crippen LogP contribution in [0.4, 0.5) is 11.4 Å². The second-order valence-electron chi connectivity index (χ2n) is 7.99. The first-order valence-corrected chi connectivity index (χ1v) is 11.7. The summed E-state index contributed by atoms with van der Waals surface area (Å²) >= 11 is 1.11. The van der Waals surface area contributed by atoms with Gasteiger partial charge in [0.1, 0.15) is 0 Å². The molecule has 1 spiro atoms. The zero-order valence-corrected chi connectivity index (χ0v) is 19.3. The van der Waals surface area contributed by atoms with E-state index in [0.29, 0.717) is 27.8 Å². The van der Waals surface area contributed by atoms with Crippen LogP contribution in [0.5, 0.6) is 0 Å². The van der Waals surface area contributed by atoms with Gasteiger partial charge in [-0.3, -0.25) is 19.3 Å². The number of fused-ring (bicyclic) bond motifs is 3. The summed E-state index contributed by atoms with van der Waals surface area (Å²) in [5.74, 6) is -0.739. The number of para-hydroxylation sites is 2. The van der Waals surface area contributed by atoms with E-state index in [1.807, 2.05) is 48.5 Å². The van der Waals surface area contributed by atoms with Crippen molar-refractivity contribution in [1.82, 2.24) is 9.97 Å². The molecule has 3 heterocycles. The molecule has 2 aromatic carbocycles. The number of carbonyl (C=O) groups excluding carboxylic acids is 2. The second kappa shape index (κ2) is 8.58. The minimum absolute atomic E-state index is 0.0528. The number of aryl methyl sites for hydroxylation is 1. The Labute approximate surface area is 200 Å². The molecule has 34 heavy (non-hydrogen) atoms. The zero-order chi connectivity index (χ0) is 23.9. The average molecular weight is 475 g/mol. The summed E-state index contributed by atoms with van der Waals surface area (Å²) in [7, 11) is 0. The first-order chi connectivity index (χ1) is 16.5. The summed E-state index contributed by atoms with van der Waals surface area (Å²) in [6.45, 7) is 5.96. The number of nitrogens with one attached hydrogen (secondary N) is 1. The van der Waals surface area contributed by atoms with Crippen molar-refractivity contribution in [2.75, 3.05) is 22.1 Å². The number of ether oxygens (including phenoxy) is 1. The number of nitrogens with zero attached hydrogens (tertiary/aromatic N) is 3. The molecule has 9 heteroatoms. The van der Waals surface area contributed by atoms with E-state index >= 15 is 0 Å². The lowest BCUT2D eigenvalue weighted by Crippen LogP contribution is -2.60. The molecule has 0 radical (unpaired) electrons. The predicted octanol–water partition coefficient (Wildman–Crippen LogP) is 3.12. The minimum atomic E-state index is -1.63. The van der Waals surface area contributed by atoms with E-state index in [-0.39, 0.29) is 36.3 Å². The minimum Gasteiger partial charge on any atom is -0.338 e. The molecule has 3 aromatic rings. The van der Waals surface area contributed by atoms with Crippen LogP contribution in [-0.2, 0) is 26.7 Å². The van der Waals surface area contributed by atoms with E-state index in [4.69, 9.17) is 4.74 Å². The number of hydrogen-bond donors (Lipinski definition) is 1. The molecule has 0 fully saturated rings. The number of carbonyl (C=O) groups is 2. The smallest absolute Gasteiger partial charge is 0.286 e. The fourth-order valence-electron chi connectivity index (χ4n) is 4.46. The number of hydrogen-bond acceptors (Lipinski definition) is 6. The van der Waals surface area contributed by atoms with Crippen LogP contribution in [0.15, 0.2) is 77.2 Å². The van der Waals surface area contributed by atoms with E-state index in [9.17, 15) is 14.4 Å². The van der Waals surface area contributed by atoms with Crippen molar-refractivity contribution in [3.05, 3.63) is 94.4 Å². The lowest BCUT2D eigenvalue weighted by molar-refractivity contribution is -0.152. The van der Waals surface area contributed by atoms with Gasteiger partial charge in [-0.05, 0) is 19.1 Å². The quantitative estimate of drug-likeness (QED) is 0.347. The Morgan fingerprint density at radius 2 is 1.94 bits per heavy atom. The predicted molar refractivity (Wildman–Crippen MR) is 130 cm³/mol. The Bertz CT molecular complexity index is 1370. The lowest BCUT2D eigenvalue weighted by Gasteiger charge is -2.43. The maximum Gasteiger partial charge on any atom is 0.286 e. The molecule has 1 atom stereocenters. The first kappa shape index (κ1) is 22.1. The third-order valence-corrected chi connectivity index (χ3v) is 6.68. The highest BCUT2D eigenvalue weighted by Crippen LogP contribution is 2.50. The van der Waals surface area contributed by atoms with Crippen LogP contribution in [0, 0.1) is 6.92 Å². The van der Waals surface area contributed by atoms with Gasteiger partial charge in [0.15, 0.2) is 5.16 Å². The summed E-state index contributed by atoms with van der Waals surface area (Å²) in [6, 6.07) is 16.1. The van der Waals surface area contributed by atoms with E-state index in [1.165, 1.54) is 11.0 Å². The van der Waals surface area contributed by atoms with Crippen LogP contribution in [0.1, 0.15) is 16.8 Å². The number of rotatable bonds is 5. The van der Waals surface area contributed by atoms with Gasteiger partial charge in [-0.15, -0.1) is 6.58 Å². The SMILES string of the molecule is C=CCN1C(=O)[C@@]2(OCc3ccccc3N2C(=O)CSc2nc(C)cc(=O)[nH]2)c2ccccc21. The topological polar surface area (TPSA) is 95.6 Å². The van der Waals surface area contributed by atoms with Gasteiger partial charge in [0.2, 0.25) is 5.91 Å². The number of H-pyrrole nitrogens is 1. The Kier molecular flexibility index (Phi) is 5.59. The molecule has 0 unspecified atom stereocenters. The normalized spacial score (nSPS) is 18.7. The van der Waals surface area contributed by atoms with E-state index < -0.39 is 5.72 Å². The highest BCUT2D eigenvalue weighted by molar-refractivity contribution is 7.99. The standard InChI is InChI=1S/C25H22N4O4S/c1-3-12-28-20-11-7-5-9-18(20)25(23(28)32)29(19-10-6-4-8-17(19)14-33-25)22(31)15-34-24-26-16(2)13-21(30)27-24/h3-11,13H,1,12,14-15H2,2H3,(H,26,27,30)/t25-/m0/s1. The molecule has 0 bridgehead atoms. The molecule has 0 aliphatic carbocycles. The Morgan fingerprint density at radius 1 is 1.21 bits per heavy atom. The van der Waals surface area contributed by atoms with Crippen molar-refractivity contribution in [2.45, 2.75) is 24.4 Å². The van der Waals surface area contributed by atoms with Crippen LogP contribution < -0.4 is 15.4 Å². The molecule has 2 aliphatic heterocycles. The van der Waals surface area contributed by atoms with E-state index in [0.717, 1.165) is 17.3 Å². The highest BCUT2D eigenvalue weighted by atomic mass is 32.2. The van der Waals surface area contributed by atoms with Crippen molar-refractivity contribution < 1.29 is 14.3 Å². The number of aromatic amines is 1. The molecule has 0 saturated heterocycles. The van der Waals surface area contributed by atoms with Gasteiger partial charge < -0.3 is 14.6 Å². The molecular formula is C25H22N4O4S. The fourth-order valence-corrected chi connectivity index (χ4v) is 5.23. The van der Waals surface area contributed by atoms with Crippen LogP contribution in [0.2, 0.25) is 0 Å². The summed E-state index contributed by atoms with van der Waals surface area (Å²) in [5, 5.41) is 0.338. The van der Waals surface area contributed by atoms with Gasteiger partial charge in [0.05, 0.1) is 23.7 Å². The third-order valence-electron chi connectivity index (χ3n) is 5.82. The van der Waals surface area contributed by atoms with Crippen LogP contribution in [0.3, 0.4) is 0 Å². The van der Waals surface area contributed by atoms with Crippen molar-refractivity contribution in [2.24, 2.45) is 0 Å². The van der Waals surface area contributed by atoms with Gasteiger partial charge in [-0.25, -0.2) is 4.98 Å². The number of anilines is 2. The van der Waals surface area contributed by atoms with Crippen LogP contribution in [-0.4, -0.2) is 34.1 Å². The van der Waals surface area contributed by atoms with Crippen molar-refractivity contribution >= 4 is 35.0 Å². The molecule has 1 aromatic heterocycles. The van der Waals surface area contributed by atoms with Gasteiger partial charge in [0.25, 0.3) is 17.2 Å². The molecular weight excluding hydrogens is 452 g/mol. The second-order valence-corrected chi connectivity index (χ2v) is 8.96. The van der Waals surface area contributed by atoms with Crippen molar-refractivity contribution in [3.8, 4) is 0 Å². The van der Waals surface area contributed by atoms with E-state index in [1.54, 1.807) is 17.9 Å². The highest BCUT2D eigenvalue weighted by Gasteiger charge is 2.59. The summed E-state index contributed by atoms with van der Waals surface area (Å²) in [6.07, 6.45) is 1.65. The van der Waals surface area contributed by atoms with Crippen LogP contribution in [0.25, 0.3) is 0 Å². The lowest BCUT2D eigenvalue weighted by atomic mass is 9.97. The Balaban J connectivity index is 1.60. The molecule has 0 saturated carbocycles. The molecule has 8 nitrogen and oxygen atoms in total. The molecule has 5 rings (SSSR count). The fraction of sp³-hybridized carbons (Fsp3) is 0.200. The molecule has 2 amide bonds. The van der Waals surface area contributed by atoms with Gasteiger partial charge >= 0.3 is 0 Å².